The molecule has 1 atom stereocenters. The Morgan fingerprint density at radius 2 is 1.65 bits per heavy atom. The molecule has 1 amide bonds. The maximum atomic E-state index is 12.5. The molecule has 0 radical (unpaired) electrons. The van der Waals surface area contributed by atoms with Gasteiger partial charge in [-0.15, -0.1) is 0 Å². The number of nitrogens with zero attached hydrogens (tertiary/aromatic N) is 4. The Morgan fingerprint density at radius 1 is 1.00 bits per heavy atom. The lowest BCUT2D eigenvalue weighted by atomic mass is 10.0. The molecule has 1 aliphatic heterocycles. The summed E-state index contributed by atoms with van der Waals surface area (Å²) in [5, 5.41) is 0. The first-order valence-electron chi connectivity index (χ1n) is 11.7. The molecule has 168 valence electrons. The van der Waals surface area contributed by atoms with Crippen molar-refractivity contribution < 1.29 is 4.79 Å². The molecule has 0 saturated carbocycles. The highest BCUT2D eigenvalue weighted by Gasteiger charge is 2.26. The van der Waals surface area contributed by atoms with Gasteiger partial charge in [-0.1, -0.05) is 57.5 Å². The average molecular weight is 423 g/mol. The fourth-order valence-electron chi connectivity index (χ4n) is 4.03. The topological polar surface area (TPSA) is 49.3 Å². The van der Waals surface area contributed by atoms with Crippen LogP contribution in [0.15, 0.2) is 24.3 Å². The first kappa shape index (κ1) is 23.2. The molecule has 1 aliphatic rings. The molecule has 0 aliphatic carbocycles. The summed E-state index contributed by atoms with van der Waals surface area (Å²) in [6, 6.07) is 8.73. The third kappa shape index (κ3) is 5.84. The van der Waals surface area contributed by atoms with Crippen LogP contribution in [0.4, 0.5) is 5.82 Å². The van der Waals surface area contributed by atoms with Crippen LogP contribution in [0.1, 0.15) is 74.7 Å². The van der Waals surface area contributed by atoms with Crippen molar-refractivity contribution in [3.63, 3.8) is 0 Å². The third-order valence-electron chi connectivity index (χ3n) is 6.28. The van der Waals surface area contributed by atoms with Gasteiger partial charge in [0.25, 0.3) is 0 Å². The molecule has 0 bridgehead atoms. The number of aryl methyl sites for hydroxylation is 2. The van der Waals surface area contributed by atoms with Gasteiger partial charge in [-0.3, -0.25) is 4.79 Å². The van der Waals surface area contributed by atoms with Gasteiger partial charge in [0.1, 0.15) is 11.6 Å². The molecule has 5 nitrogen and oxygen atoms in total. The van der Waals surface area contributed by atoms with Crippen LogP contribution in [0.25, 0.3) is 0 Å². The van der Waals surface area contributed by atoms with E-state index in [0.717, 1.165) is 56.4 Å². The fourth-order valence-corrected chi connectivity index (χ4v) is 4.03. The number of benzene rings is 1. The highest BCUT2D eigenvalue weighted by Crippen LogP contribution is 2.28. The normalized spacial score (nSPS) is 15.5. The van der Waals surface area contributed by atoms with Gasteiger partial charge in [-0.25, -0.2) is 9.97 Å². The Hall–Kier alpha value is -2.43. The van der Waals surface area contributed by atoms with Crippen molar-refractivity contribution in [3.8, 4) is 0 Å². The van der Waals surface area contributed by atoms with E-state index in [1.807, 2.05) is 4.90 Å². The lowest BCUT2D eigenvalue weighted by Crippen LogP contribution is -2.49. The lowest BCUT2D eigenvalue weighted by Gasteiger charge is -2.37. The zero-order valence-electron chi connectivity index (χ0n) is 20.1. The molecule has 1 aromatic heterocycles. The van der Waals surface area contributed by atoms with Crippen molar-refractivity contribution in [2.24, 2.45) is 5.92 Å². The number of carbonyl (C=O) groups excluding carboxylic acids is 1. The molecule has 3 rings (SSSR count). The fraction of sp³-hybridized carbons (Fsp3) is 0.577. The molecule has 5 heteroatoms. The van der Waals surface area contributed by atoms with E-state index in [1.165, 1.54) is 16.7 Å². The summed E-state index contributed by atoms with van der Waals surface area (Å²) < 4.78 is 0. The van der Waals surface area contributed by atoms with Crippen LogP contribution in [0.3, 0.4) is 0 Å². The number of amides is 1. The minimum Gasteiger partial charge on any atom is -0.353 e. The van der Waals surface area contributed by atoms with Crippen molar-refractivity contribution in [2.45, 2.75) is 66.7 Å². The number of aromatic nitrogens is 2. The number of rotatable bonds is 7. The van der Waals surface area contributed by atoms with E-state index < -0.39 is 0 Å². The SMILES string of the molecule is CC[C@H](C)c1nc(C)c(Cc2ccc(C)cc2)c(N2CCN(C(=O)CC(C)C)CC2)n1. The van der Waals surface area contributed by atoms with Gasteiger partial charge in [0.15, 0.2) is 0 Å². The maximum Gasteiger partial charge on any atom is 0.222 e. The minimum absolute atomic E-state index is 0.272. The molecule has 31 heavy (non-hydrogen) atoms. The molecule has 1 saturated heterocycles. The highest BCUT2D eigenvalue weighted by atomic mass is 16.2. The number of hydrogen-bond acceptors (Lipinski definition) is 4. The zero-order valence-corrected chi connectivity index (χ0v) is 20.1. The van der Waals surface area contributed by atoms with Gasteiger partial charge in [-0.05, 0) is 31.7 Å². The van der Waals surface area contributed by atoms with Crippen molar-refractivity contribution in [3.05, 3.63) is 52.5 Å². The average Bonchev–Trinajstić information content (AvgIpc) is 2.75. The van der Waals surface area contributed by atoms with Gasteiger partial charge in [0.2, 0.25) is 5.91 Å². The summed E-state index contributed by atoms with van der Waals surface area (Å²) in [5.74, 6) is 2.99. The molecule has 1 aromatic carbocycles. The summed E-state index contributed by atoms with van der Waals surface area (Å²) in [6.45, 7) is 16.0. The van der Waals surface area contributed by atoms with Gasteiger partial charge in [0.05, 0.1) is 0 Å². The molecular weight excluding hydrogens is 384 g/mol. The van der Waals surface area contributed by atoms with Crippen LogP contribution >= 0.6 is 0 Å². The number of hydrogen-bond donors (Lipinski definition) is 0. The van der Waals surface area contributed by atoms with E-state index in [2.05, 4.69) is 70.7 Å². The molecule has 0 spiro atoms. The second kappa shape index (κ2) is 10.3. The van der Waals surface area contributed by atoms with Gasteiger partial charge in [0, 0.05) is 56.2 Å². The molecule has 0 unspecified atom stereocenters. The Labute approximate surface area is 187 Å². The second-order valence-corrected chi connectivity index (χ2v) is 9.41. The van der Waals surface area contributed by atoms with Gasteiger partial charge in [-0.2, -0.15) is 0 Å². The molecule has 2 aromatic rings. The Balaban J connectivity index is 1.87. The molecular formula is C26H38N4O. The number of carbonyl (C=O) groups is 1. The van der Waals surface area contributed by atoms with Crippen LogP contribution in [0.2, 0.25) is 0 Å². The Morgan fingerprint density at radius 3 is 2.23 bits per heavy atom. The first-order chi connectivity index (χ1) is 14.8. The van der Waals surface area contributed by atoms with Crippen LogP contribution in [-0.2, 0) is 11.2 Å². The van der Waals surface area contributed by atoms with E-state index in [1.54, 1.807) is 0 Å². The molecule has 0 N–H and O–H groups in total. The summed E-state index contributed by atoms with van der Waals surface area (Å²) in [5.41, 5.74) is 4.82. The summed E-state index contributed by atoms with van der Waals surface area (Å²) >= 11 is 0. The van der Waals surface area contributed by atoms with Crippen molar-refractivity contribution in [2.75, 3.05) is 31.1 Å². The summed E-state index contributed by atoms with van der Waals surface area (Å²) in [7, 11) is 0. The number of piperazine rings is 1. The largest absolute Gasteiger partial charge is 0.353 e. The van der Waals surface area contributed by atoms with Crippen molar-refractivity contribution in [1.29, 1.82) is 0 Å². The third-order valence-corrected chi connectivity index (χ3v) is 6.28. The molecule has 2 heterocycles. The van der Waals surface area contributed by atoms with E-state index in [0.29, 0.717) is 18.3 Å². The second-order valence-electron chi connectivity index (χ2n) is 9.41. The zero-order chi connectivity index (χ0) is 22.5. The standard InChI is InChI=1S/C26H38N4O/c1-7-20(5)25-27-21(6)23(17-22-10-8-19(4)9-11-22)26(28-25)30-14-12-29(13-15-30)24(31)16-18(2)3/h8-11,18,20H,7,12-17H2,1-6H3/t20-/m0/s1. The van der Waals surface area contributed by atoms with Crippen LogP contribution in [0.5, 0.6) is 0 Å². The summed E-state index contributed by atoms with van der Waals surface area (Å²) in [6.07, 6.45) is 2.48. The predicted octanol–water partition coefficient (Wildman–Crippen LogP) is 4.89. The van der Waals surface area contributed by atoms with Crippen molar-refractivity contribution in [1.82, 2.24) is 14.9 Å². The summed E-state index contributed by atoms with van der Waals surface area (Å²) in [4.78, 5) is 26.8. The maximum absolute atomic E-state index is 12.5. The number of anilines is 1. The van der Waals surface area contributed by atoms with Gasteiger partial charge < -0.3 is 9.80 Å². The van der Waals surface area contributed by atoms with Crippen LogP contribution < -0.4 is 4.90 Å². The Kier molecular flexibility index (Phi) is 7.69. The van der Waals surface area contributed by atoms with Crippen LogP contribution in [-0.4, -0.2) is 47.0 Å². The monoisotopic (exact) mass is 422 g/mol. The smallest absolute Gasteiger partial charge is 0.222 e. The van der Waals surface area contributed by atoms with E-state index >= 15 is 0 Å². The lowest BCUT2D eigenvalue weighted by molar-refractivity contribution is -0.132. The van der Waals surface area contributed by atoms with Crippen molar-refractivity contribution >= 4 is 11.7 Å². The predicted molar refractivity (Wildman–Crippen MR) is 128 cm³/mol. The highest BCUT2D eigenvalue weighted by molar-refractivity contribution is 5.76. The Bertz CT molecular complexity index is 883. The van der Waals surface area contributed by atoms with E-state index in [9.17, 15) is 4.79 Å². The van der Waals surface area contributed by atoms with Gasteiger partial charge >= 0.3 is 0 Å². The quantitative estimate of drug-likeness (QED) is 0.637. The minimum atomic E-state index is 0.272. The van der Waals surface area contributed by atoms with E-state index in [-0.39, 0.29) is 5.91 Å². The first-order valence-corrected chi connectivity index (χ1v) is 11.7. The molecule has 1 fully saturated rings. The van der Waals surface area contributed by atoms with E-state index in [4.69, 9.17) is 9.97 Å². The van der Waals surface area contributed by atoms with Crippen LogP contribution in [0, 0.1) is 19.8 Å².